The molecule has 1 rings (SSSR count). The summed E-state index contributed by atoms with van der Waals surface area (Å²) in [5, 5.41) is 21.7. The molecule has 0 unspecified atom stereocenters. The zero-order valence-electron chi connectivity index (χ0n) is 13.6. The van der Waals surface area contributed by atoms with Gasteiger partial charge in [0.05, 0.1) is 11.1 Å². The van der Waals surface area contributed by atoms with Crippen molar-refractivity contribution < 1.29 is 24.5 Å². The number of rotatable bonds is 4. The molecule has 0 fully saturated rings. The van der Waals surface area contributed by atoms with Gasteiger partial charge in [-0.25, -0.2) is 4.79 Å². The van der Waals surface area contributed by atoms with E-state index in [2.05, 4.69) is 5.32 Å². The van der Waals surface area contributed by atoms with Crippen LogP contribution in [0.4, 0.5) is 10.5 Å². The number of aromatic hydroxyl groups is 1. The molecule has 0 atom stereocenters. The lowest BCUT2D eigenvalue weighted by atomic mass is 9.85. The third kappa shape index (κ3) is 4.95. The quantitative estimate of drug-likeness (QED) is 0.741. The van der Waals surface area contributed by atoms with Crippen molar-refractivity contribution in [3.63, 3.8) is 0 Å². The number of para-hydroxylation sites is 1. The molecular formula is C16H23NO5. The lowest BCUT2D eigenvalue weighted by Crippen LogP contribution is -2.29. The van der Waals surface area contributed by atoms with Gasteiger partial charge >= 0.3 is 12.1 Å². The van der Waals surface area contributed by atoms with Crippen molar-refractivity contribution in [3.8, 4) is 5.75 Å². The van der Waals surface area contributed by atoms with E-state index in [4.69, 9.17) is 4.74 Å². The summed E-state index contributed by atoms with van der Waals surface area (Å²) in [6.45, 7) is 8.34. The molecule has 0 spiro atoms. The Morgan fingerprint density at radius 1 is 1.18 bits per heavy atom. The second-order valence-corrected chi connectivity index (χ2v) is 6.80. The number of anilines is 1. The highest BCUT2D eigenvalue weighted by molar-refractivity contribution is 5.88. The molecular weight excluding hydrogens is 286 g/mol. The third-order valence-corrected chi connectivity index (χ3v) is 2.97. The first-order valence-corrected chi connectivity index (χ1v) is 6.96. The number of benzene rings is 1. The van der Waals surface area contributed by atoms with Crippen LogP contribution in [0.2, 0.25) is 0 Å². The van der Waals surface area contributed by atoms with Crippen LogP contribution in [0.3, 0.4) is 0 Å². The van der Waals surface area contributed by atoms with Crippen molar-refractivity contribution in [2.75, 3.05) is 5.32 Å². The summed E-state index contributed by atoms with van der Waals surface area (Å²) in [6, 6.07) is 4.68. The molecule has 1 aromatic carbocycles. The lowest BCUT2D eigenvalue weighted by Gasteiger charge is -2.23. The van der Waals surface area contributed by atoms with Gasteiger partial charge in [-0.3, -0.25) is 10.1 Å². The van der Waals surface area contributed by atoms with Crippen LogP contribution < -0.4 is 5.32 Å². The molecule has 0 saturated heterocycles. The van der Waals surface area contributed by atoms with Crippen LogP contribution in [-0.2, 0) is 16.0 Å². The Hall–Kier alpha value is -2.24. The maximum Gasteiger partial charge on any atom is 0.412 e. The second kappa shape index (κ2) is 6.25. The molecule has 0 bridgehead atoms. The van der Waals surface area contributed by atoms with Crippen molar-refractivity contribution in [1.29, 1.82) is 0 Å². The lowest BCUT2D eigenvalue weighted by molar-refractivity contribution is -0.146. The molecule has 0 aliphatic carbocycles. The Balaban J connectivity index is 3.05. The Morgan fingerprint density at radius 3 is 2.27 bits per heavy atom. The maximum absolute atomic E-state index is 11.9. The van der Waals surface area contributed by atoms with Gasteiger partial charge in [0.2, 0.25) is 0 Å². The Morgan fingerprint density at radius 2 is 1.77 bits per heavy atom. The second-order valence-electron chi connectivity index (χ2n) is 6.80. The minimum Gasteiger partial charge on any atom is -0.506 e. The monoisotopic (exact) mass is 309 g/mol. The number of hydrogen-bond acceptors (Lipinski definition) is 4. The Labute approximate surface area is 130 Å². The number of ether oxygens (including phenoxy) is 1. The number of nitrogens with one attached hydrogen (secondary N) is 1. The van der Waals surface area contributed by atoms with Gasteiger partial charge in [-0.15, -0.1) is 0 Å². The molecule has 0 aliphatic heterocycles. The highest BCUT2D eigenvalue weighted by Crippen LogP contribution is 2.33. The summed E-state index contributed by atoms with van der Waals surface area (Å²) in [4.78, 5) is 23.1. The van der Waals surface area contributed by atoms with Crippen molar-refractivity contribution in [3.05, 3.63) is 23.8 Å². The minimum absolute atomic E-state index is 0.135. The number of carboxylic acids is 1. The number of aliphatic carboxylic acids is 1. The maximum atomic E-state index is 11.9. The Kier molecular flexibility index (Phi) is 5.06. The van der Waals surface area contributed by atoms with Gasteiger partial charge in [-0.05, 0) is 52.7 Å². The van der Waals surface area contributed by atoms with Gasteiger partial charge in [0.1, 0.15) is 11.4 Å². The molecule has 6 heteroatoms. The van der Waals surface area contributed by atoms with E-state index in [1.54, 1.807) is 46.8 Å². The van der Waals surface area contributed by atoms with Crippen LogP contribution in [-0.4, -0.2) is 27.9 Å². The summed E-state index contributed by atoms with van der Waals surface area (Å²) in [6.07, 6.45) is -0.551. The molecule has 0 aliphatic rings. The minimum atomic E-state index is -1.03. The fourth-order valence-electron chi connectivity index (χ4n) is 1.84. The van der Waals surface area contributed by atoms with Crippen LogP contribution in [0, 0.1) is 5.41 Å². The predicted octanol–water partition coefficient (Wildman–Crippen LogP) is 3.39. The molecule has 0 saturated carbocycles. The predicted molar refractivity (Wildman–Crippen MR) is 83.1 cm³/mol. The van der Waals surface area contributed by atoms with Gasteiger partial charge < -0.3 is 14.9 Å². The zero-order chi connectivity index (χ0) is 17.1. The van der Waals surface area contributed by atoms with E-state index in [-0.39, 0.29) is 17.9 Å². The van der Waals surface area contributed by atoms with E-state index in [1.807, 2.05) is 0 Å². The number of carbonyl (C=O) groups excluding carboxylic acids is 1. The topological polar surface area (TPSA) is 95.9 Å². The van der Waals surface area contributed by atoms with Gasteiger partial charge in [-0.2, -0.15) is 0 Å². The van der Waals surface area contributed by atoms with Crippen LogP contribution in [0.1, 0.15) is 40.2 Å². The van der Waals surface area contributed by atoms with Gasteiger partial charge in [0.15, 0.2) is 0 Å². The average molecular weight is 309 g/mol. The third-order valence-electron chi connectivity index (χ3n) is 2.97. The number of carbonyl (C=O) groups is 2. The van der Waals surface area contributed by atoms with Gasteiger partial charge in [0.25, 0.3) is 0 Å². The molecule has 1 amide bonds. The number of carboxylic acid groups (broad SMARTS) is 1. The summed E-state index contributed by atoms with van der Waals surface area (Å²) >= 11 is 0. The molecule has 6 nitrogen and oxygen atoms in total. The highest BCUT2D eigenvalue weighted by atomic mass is 16.6. The fraction of sp³-hybridized carbons (Fsp3) is 0.500. The SMILES string of the molecule is CC(C)(C)OC(=O)Nc1c(O)cccc1CC(C)(C)C(=O)O. The van der Waals surface area contributed by atoms with Crippen LogP contribution in [0.25, 0.3) is 0 Å². The first kappa shape index (κ1) is 17.8. The van der Waals surface area contributed by atoms with Crippen molar-refractivity contribution in [2.45, 2.75) is 46.6 Å². The molecule has 22 heavy (non-hydrogen) atoms. The zero-order valence-corrected chi connectivity index (χ0v) is 13.6. The van der Waals surface area contributed by atoms with Crippen LogP contribution in [0.15, 0.2) is 18.2 Å². The van der Waals surface area contributed by atoms with E-state index in [0.717, 1.165) is 0 Å². The van der Waals surface area contributed by atoms with Crippen molar-refractivity contribution in [1.82, 2.24) is 0 Å². The molecule has 122 valence electrons. The van der Waals surface area contributed by atoms with E-state index in [1.165, 1.54) is 6.07 Å². The molecule has 0 heterocycles. The molecule has 3 N–H and O–H groups in total. The summed E-state index contributed by atoms with van der Waals surface area (Å²) < 4.78 is 5.15. The fourth-order valence-corrected chi connectivity index (χ4v) is 1.84. The normalized spacial score (nSPS) is 11.9. The number of phenolic OH excluding ortho intramolecular Hbond substituents is 1. The van der Waals surface area contributed by atoms with Crippen LogP contribution >= 0.6 is 0 Å². The summed E-state index contributed by atoms with van der Waals surface area (Å²) in [5.74, 6) is -1.09. The molecule has 0 radical (unpaired) electrons. The molecule has 1 aromatic rings. The summed E-state index contributed by atoms with van der Waals surface area (Å²) in [5.41, 5.74) is -1.00. The van der Waals surface area contributed by atoms with Crippen molar-refractivity contribution >= 4 is 17.7 Å². The van der Waals surface area contributed by atoms with E-state index in [0.29, 0.717) is 5.56 Å². The highest BCUT2D eigenvalue weighted by Gasteiger charge is 2.29. The van der Waals surface area contributed by atoms with Crippen molar-refractivity contribution in [2.24, 2.45) is 5.41 Å². The number of amides is 1. The van der Waals surface area contributed by atoms with E-state index in [9.17, 15) is 19.8 Å². The number of phenols is 1. The largest absolute Gasteiger partial charge is 0.506 e. The standard InChI is InChI=1S/C16H23NO5/c1-15(2,3)22-14(21)17-12-10(7-6-8-11(12)18)9-16(4,5)13(19)20/h6-8,18H,9H2,1-5H3,(H,17,21)(H,19,20). The van der Waals surface area contributed by atoms with E-state index >= 15 is 0 Å². The smallest absolute Gasteiger partial charge is 0.412 e. The van der Waals surface area contributed by atoms with Gasteiger partial charge in [0, 0.05) is 0 Å². The van der Waals surface area contributed by atoms with Crippen LogP contribution in [0.5, 0.6) is 5.75 Å². The average Bonchev–Trinajstić information content (AvgIpc) is 2.30. The van der Waals surface area contributed by atoms with E-state index < -0.39 is 23.1 Å². The summed E-state index contributed by atoms with van der Waals surface area (Å²) in [7, 11) is 0. The first-order chi connectivity index (χ1) is 9.92. The Bertz CT molecular complexity index is 572. The van der Waals surface area contributed by atoms with Gasteiger partial charge in [-0.1, -0.05) is 12.1 Å². The first-order valence-electron chi connectivity index (χ1n) is 6.96. The molecule has 0 aromatic heterocycles. The number of hydrogen-bond donors (Lipinski definition) is 3.